The molecule has 4 nitrogen and oxygen atoms in total. The highest BCUT2D eigenvalue weighted by Crippen LogP contribution is 1.39. The third kappa shape index (κ3) is 70.9. The quantitative estimate of drug-likeness (QED) is 0.375. The number of hydrogen-bond donors (Lipinski definition) is 1. The van der Waals surface area contributed by atoms with E-state index >= 15 is 0 Å². The molecule has 0 spiro atoms. The maximum Gasteiger partial charge on any atom is 0.368 e. The van der Waals surface area contributed by atoms with Gasteiger partial charge >= 0.3 is 5.97 Å². The lowest BCUT2D eigenvalue weighted by Crippen LogP contribution is -1.91. The van der Waals surface area contributed by atoms with E-state index in [0.29, 0.717) is 0 Å². The van der Waals surface area contributed by atoms with Gasteiger partial charge in [0.25, 0.3) is 0 Å². The zero-order valence-corrected chi connectivity index (χ0v) is 4.75. The molecule has 0 aliphatic carbocycles. The fourth-order valence-corrected chi connectivity index (χ4v) is 0. The van der Waals surface area contributed by atoms with Crippen LogP contribution in [0, 0.1) is 0 Å². The van der Waals surface area contributed by atoms with Crippen molar-refractivity contribution in [1.29, 1.82) is 0 Å². The summed E-state index contributed by atoms with van der Waals surface area (Å²) in [5.41, 5.74) is 0. The van der Waals surface area contributed by atoms with Crippen molar-refractivity contribution in [3.05, 3.63) is 0 Å². The molecule has 0 saturated carbocycles. The molecule has 8 heavy (non-hydrogen) atoms. The summed E-state index contributed by atoms with van der Waals surface area (Å²) in [6.45, 7) is 0. The van der Waals surface area contributed by atoms with E-state index in [1.165, 1.54) is 0 Å². The number of carbonyl (C=O) groups excluding carboxylic acids is 1. The molecule has 0 bridgehead atoms. The van der Waals surface area contributed by atoms with Crippen molar-refractivity contribution in [2.75, 3.05) is 14.2 Å². The van der Waals surface area contributed by atoms with Crippen LogP contribution in [0.3, 0.4) is 0 Å². The average Bonchev–Trinajstić information content (AvgIpc) is 1.69. The van der Waals surface area contributed by atoms with Crippen LogP contribution in [0.25, 0.3) is 0 Å². The number of carboxylic acid groups (broad SMARTS) is 1. The minimum atomic E-state index is -1.43. The van der Waals surface area contributed by atoms with Crippen LogP contribution in [0.5, 0.6) is 0 Å². The maximum atomic E-state index is 9.00. The third-order valence-electron chi connectivity index (χ3n) is 0.101. The summed E-state index contributed by atoms with van der Waals surface area (Å²) in [6, 6.07) is 0. The Hall–Kier alpha value is -0.900. The molecular weight excluding hydrogens is 112 g/mol. The molecule has 0 saturated heterocycles. The SMILES string of the molecule is COC.O=CC(=O)O. The van der Waals surface area contributed by atoms with E-state index in [4.69, 9.17) is 14.7 Å². The van der Waals surface area contributed by atoms with Gasteiger partial charge in [0.1, 0.15) is 0 Å². The van der Waals surface area contributed by atoms with Gasteiger partial charge in [-0.1, -0.05) is 0 Å². The van der Waals surface area contributed by atoms with Gasteiger partial charge in [0.05, 0.1) is 0 Å². The lowest BCUT2D eigenvalue weighted by Gasteiger charge is -1.61. The van der Waals surface area contributed by atoms with E-state index in [2.05, 4.69) is 4.74 Å². The summed E-state index contributed by atoms with van der Waals surface area (Å²) in [7, 11) is 3.25. The summed E-state index contributed by atoms with van der Waals surface area (Å²) in [5.74, 6) is -1.43. The van der Waals surface area contributed by atoms with Gasteiger partial charge in [0.2, 0.25) is 6.29 Å². The molecule has 0 unspecified atom stereocenters. The Bertz CT molecular complexity index is 68.4. The molecule has 0 aliphatic heterocycles. The van der Waals surface area contributed by atoms with Gasteiger partial charge in [-0.25, -0.2) is 4.79 Å². The largest absolute Gasteiger partial charge is 0.476 e. The van der Waals surface area contributed by atoms with Crippen LogP contribution in [0.1, 0.15) is 0 Å². The molecule has 0 aliphatic rings. The lowest BCUT2D eigenvalue weighted by atomic mass is 10.8. The molecule has 0 radical (unpaired) electrons. The van der Waals surface area contributed by atoms with E-state index < -0.39 is 5.97 Å². The average molecular weight is 120 g/mol. The first-order valence-corrected chi connectivity index (χ1v) is 1.77. The van der Waals surface area contributed by atoms with Gasteiger partial charge in [-0.05, 0) is 0 Å². The van der Waals surface area contributed by atoms with Gasteiger partial charge in [-0.15, -0.1) is 0 Å². The highest BCUT2D eigenvalue weighted by atomic mass is 16.4. The van der Waals surface area contributed by atoms with Crippen LogP contribution < -0.4 is 0 Å². The molecule has 0 aromatic heterocycles. The van der Waals surface area contributed by atoms with Crippen LogP contribution in [0.4, 0.5) is 0 Å². The summed E-state index contributed by atoms with van der Waals surface area (Å²) in [6.07, 6.45) is -0.167. The first kappa shape index (κ1) is 10.2. The van der Waals surface area contributed by atoms with Crippen LogP contribution >= 0.6 is 0 Å². The van der Waals surface area contributed by atoms with Crippen molar-refractivity contribution in [3.63, 3.8) is 0 Å². The Morgan fingerprint density at radius 1 is 1.62 bits per heavy atom. The topological polar surface area (TPSA) is 63.6 Å². The summed E-state index contributed by atoms with van der Waals surface area (Å²) < 4.78 is 4.25. The smallest absolute Gasteiger partial charge is 0.368 e. The second kappa shape index (κ2) is 9.44. The molecule has 4 heteroatoms. The maximum absolute atomic E-state index is 9.00. The number of hydrogen-bond acceptors (Lipinski definition) is 3. The number of carbonyl (C=O) groups is 2. The van der Waals surface area contributed by atoms with Crippen molar-refractivity contribution in [2.45, 2.75) is 0 Å². The highest BCUT2D eigenvalue weighted by molar-refractivity contribution is 6.19. The second-order valence-corrected chi connectivity index (χ2v) is 0.864. The normalized spacial score (nSPS) is 6.25. The van der Waals surface area contributed by atoms with Gasteiger partial charge in [0.15, 0.2) is 0 Å². The number of aldehydes is 1. The van der Waals surface area contributed by atoms with E-state index in [1.54, 1.807) is 14.2 Å². The van der Waals surface area contributed by atoms with Crippen molar-refractivity contribution in [2.24, 2.45) is 0 Å². The molecular formula is C4H8O4. The fraction of sp³-hybridized carbons (Fsp3) is 0.500. The first-order valence-electron chi connectivity index (χ1n) is 1.77. The molecule has 0 aromatic carbocycles. The van der Waals surface area contributed by atoms with Crippen LogP contribution in [-0.4, -0.2) is 31.6 Å². The summed E-state index contributed by atoms with van der Waals surface area (Å²) in [4.78, 5) is 17.9. The molecule has 0 atom stereocenters. The summed E-state index contributed by atoms with van der Waals surface area (Å²) >= 11 is 0. The Morgan fingerprint density at radius 2 is 1.75 bits per heavy atom. The zero-order valence-electron chi connectivity index (χ0n) is 4.75. The zero-order chi connectivity index (χ0) is 6.99. The van der Waals surface area contributed by atoms with E-state index in [0.717, 1.165) is 0 Å². The van der Waals surface area contributed by atoms with E-state index in [-0.39, 0.29) is 6.29 Å². The predicted octanol–water partition coefficient (Wildman–Crippen LogP) is -0.468. The number of methoxy groups -OCH3 is 1. The van der Waals surface area contributed by atoms with Crippen LogP contribution in [-0.2, 0) is 14.3 Å². The Balaban J connectivity index is 0. The fourth-order valence-electron chi connectivity index (χ4n) is 0. The number of carboxylic acids is 1. The Kier molecular flexibility index (Phi) is 12.0. The third-order valence-corrected chi connectivity index (χ3v) is 0.101. The van der Waals surface area contributed by atoms with E-state index in [1.807, 2.05) is 0 Å². The predicted molar refractivity (Wildman–Crippen MR) is 26.6 cm³/mol. The number of aliphatic carboxylic acids is 1. The standard InChI is InChI=1S/C2H2O3.C2H6O/c3-1-2(4)5;1-3-2/h1H,(H,4,5);1-2H3. The van der Waals surface area contributed by atoms with Crippen molar-refractivity contribution >= 4 is 12.3 Å². The van der Waals surface area contributed by atoms with Gasteiger partial charge in [-0.2, -0.15) is 0 Å². The van der Waals surface area contributed by atoms with Crippen molar-refractivity contribution < 1.29 is 19.4 Å². The molecule has 0 heterocycles. The molecule has 1 N–H and O–H groups in total. The minimum Gasteiger partial charge on any atom is -0.476 e. The van der Waals surface area contributed by atoms with Gasteiger partial charge in [0, 0.05) is 14.2 Å². The lowest BCUT2D eigenvalue weighted by molar-refractivity contribution is -0.143. The molecule has 48 valence electrons. The highest BCUT2D eigenvalue weighted by Gasteiger charge is 1.80. The molecule has 0 aromatic rings. The van der Waals surface area contributed by atoms with Crippen molar-refractivity contribution in [1.82, 2.24) is 0 Å². The van der Waals surface area contributed by atoms with Crippen LogP contribution in [0.15, 0.2) is 0 Å². The number of rotatable bonds is 1. The summed E-state index contributed by atoms with van der Waals surface area (Å²) in [5, 5.41) is 7.35. The monoisotopic (exact) mass is 120 g/mol. The molecule has 0 fully saturated rings. The minimum absolute atomic E-state index is 0.167. The number of ether oxygens (including phenoxy) is 1. The Morgan fingerprint density at radius 3 is 1.75 bits per heavy atom. The van der Waals surface area contributed by atoms with Crippen LogP contribution in [0.2, 0.25) is 0 Å². The Labute approximate surface area is 47.1 Å². The molecule has 0 amide bonds. The van der Waals surface area contributed by atoms with E-state index in [9.17, 15) is 0 Å². The first-order chi connectivity index (χ1) is 3.68. The second-order valence-electron chi connectivity index (χ2n) is 0.864. The van der Waals surface area contributed by atoms with Crippen molar-refractivity contribution in [3.8, 4) is 0 Å². The van der Waals surface area contributed by atoms with Gasteiger partial charge < -0.3 is 9.84 Å². The van der Waals surface area contributed by atoms with Gasteiger partial charge in [-0.3, -0.25) is 4.79 Å². The molecule has 0 rings (SSSR count).